The molecular weight excluding hydrogens is 1020 g/mol. The summed E-state index contributed by atoms with van der Waals surface area (Å²) in [5.41, 5.74) is -4.70. The number of carbonyl (C=O) groups is 8. The lowest BCUT2D eigenvalue weighted by Crippen LogP contribution is -2.58. The first-order chi connectivity index (χ1) is 35.5. The van der Waals surface area contributed by atoms with Crippen LogP contribution >= 0.6 is 18.9 Å². The molecule has 5 N–H and O–H groups in total. The minimum atomic E-state index is -5.86. The fraction of sp³-hybridized carbons (Fsp3) is 0.423. The highest BCUT2D eigenvalue weighted by molar-refractivity contribution is 7.52. The first-order valence-electron chi connectivity index (χ1n) is 24.3. The van der Waals surface area contributed by atoms with Gasteiger partial charge >= 0.3 is 13.3 Å². The average molecular weight is 1070 g/mol. The lowest BCUT2D eigenvalue weighted by molar-refractivity contribution is -0.150. The van der Waals surface area contributed by atoms with Gasteiger partial charge in [-0.2, -0.15) is 8.78 Å². The number of thiophene rings is 1. The monoisotopic (exact) mass is 1070 g/mol. The predicted octanol–water partition coefficient (Wildman–Crippen LogP) is 4.60. The number of piperidine rings is 1. The number of ether oxygens (including phenoxy) is 2. The zero-order chi connectivity index (χ0) is 54.0. The van der Waals surface area contributed by atoms with E-state index in [1.54, 1.807) is 31.7 Å². The van der Waals surface area contributed by atoms with Crippen molar-refractivity contribution in [1.82, 2.24) is 30.7 Å². The third-order valence-corrected chi connectivity index (χ3v) is 15.5. The number of amides is 8. The van der Waals surface area contributed by atoms with Crippen molar-refractivity contribution in [2.45, 2.75) is 95.3 Å². The molecule has 5 heterocycles. The maximum atomic E-state index is 14.8. The summed E-state index contributed by atoms with van der Waals surface area (Å²) in [6, 6.07) is 14.9. The molecule has 0 radical (unpaired) electrons. The molecule has 8 amide bonds. The molecular formula is C52H55F2N6O13PS. The van der Waals surface area contributed by atoms with E-state index >= 15 is 0 Å². The summed E-state index contributed by atoms with van der Waals surface area (Å²) >= 11 is 0.930. The lowest BCUT2D eigenvalue weighted by atomic mass is 9.85. The number of halogens is 2. The van der Waals surface area contributed by atoms with Crippen LogP contribution < -0.4 is 16.0 Å². The number of hydrogen-bond donors (Lipinski definition) is 5. The normalized spacial score (nSPS) is 20.6. The summed E-state index contributed by atoms with van der Waals surface area (Å²) < 4.78 is 53.1. The van der Waals surface area contributed by atoms with Gasteiger partial charge in [-0.1, -0.05) is 69.0 Å². The van der Waals surface area contributed by atoms with Crippen LogP contribution in [0, 0.1) is 17.3 Å². The molecule has 4 aliphatic heterocycles. The average Bonchev–Trinajstić information content (AvgIpc) is 4.07. The topological polar surface area (TPSA) is 258 Å². The van der Waals surface area contributed by atoms with Gasteiger partial charge in [0.2, 0.25) is 29.5 Å². The summed E-state index contributed by atoms with van der Waals surface area (Å²) in [7, 11) is -5.86. The highest BCUT2D eigenvalue weighted by Crippen LogP contribution is 2.59. The van der Waals surface area contributed by atoms with Crippen LogP contribution in [0.5, 0.6) is 0 Å². The first kappa shape index (κ1) is 54.5. The number of likely N-dealkylation sites (tertiary alicyclic amines) is 1. The first-order valence-corrected chi connectivity index (χ1v) is 26.7. The molecule has 4 aliphatic rings. The van der Waals surface area contributed by atoms with Crippen molar-refractivity contribution in [3.63, 3.8) is 0 Å². The third kappa shape index (κ3) is 12.0. The SMILES string of the molecule is CC(C)(C)[C@H](NC(=O)c1cc2cc(C(F)(F)P(=O)(O)O)ccc2s1)C(=O)N1C[C@@H](OCC(=O)NCCCCC#Cc2ccc3c(c2)C(=O)N(C2CCC(=O)NC2=O)C3=O)C[C@H]1C(=O)N1CCOC(c2ccccc2)C1. The van der Waals surface area contributed by atoms with E-state index in [-0.39, 0.29) is 79.4 Å². The molecule has 75 heavy (non-hydrogen) atoms. The van der Waals surface area contributed by atoms with Crippen LogP contribution in [0.3, 0.4) is 0 Å². The minimum Gasteiger partial charge on any atom is -0.370 e. The van der Waals surface area contributed by atoms with Crippen molar-refractivity contribution >= 4 is 76.3 Å². The highest BCUT2D eigenvalue weighted by atomic mass is 32.1. The summed E-state index contributed by atoms with van der Waals surface area (Å²) in [4.78, 5) is 129. The van der Waals surface area contributed by atoms with Crippen LogP contribution in [0.2, 0.25) is 0 Å². The molecule has 3 saturated heterocycles. The Hall–Kier alpha value is -6.73. The molecule has 1 aromatic heterocycles. The summed E-state index contributed by atoms with van der Waals surface area (Å²) in [6.45, 7) is 5.69. The second-order valence-corrected chi connectivity index (χ2v) is 22.5. The molecule has 8 rings (SSSR count). The van der Waals surface area contributed by atoms with Crippen LogP contribution in [-0.4, -0.2) is 135 Å². The zero-order valence-corrected chi connectivity index (χ0v) is 42.8. The quantitative estimate of drug-likeness (QED) is 0.0473. The Morgan fingerprint density at radius 3 is 2.43 bits per heavy atom. The van der Waals surface area contributed by atoms with Crippen molar-refractivity contribution < 1.29 is 71.0 Å². The lowest BCUT2D eigenvalue weighted by Gasteiger charge is -2.38. The number of morpholine rings is 1. The molecule has 19 nitrogen and oxygen atoms in total. The van der Waals surface area contributed by atoms with Crippen molar-refractivity contribution in [3.8, 4) is 11.8 Å². The van der Waals surface area contributed by atoms with Crippen LogP contribution in [0.1, 0.15) is 112 Å². The highest BCUT2D eigenvalue weighted by Gasteiger charge is 2.51. The van der Waals surface area contributed by atoms with Crippen LogP contribution in [0.25, 0.3) is 10.1 Å². The Bertz CT molecular complexity index is 3060. The number of unbranched alkanes of at least 4 members (excludes halogenated alkanes) is 2. The number of hydrogen-bond acceptors (Lipinski definition) is 12. The summed E-state index contributed by atoms with van der Waals surface area (Å²) in [5, 5.41) is 7.90. The number of rotatable bonds is 15. The van der Waals surface area contributed by atoms with Crippen LogP contribution in [0.15, 0.2) is 72.8 Å². The van der Waals surface area contributed by atoms with Gasteiger partial charge in [-0.05, 0) is 72.0 Å². The Balaban J connectivity index is 0.879. The van der Waals surface area contributed by atoms with E-state index in [0.29, 0.717) is 36.1 Å². The number of nitrogens with zero attached hydrogens (tertiary/aromatic N) is 3. The second kappa shape index (κ2) is 22.2. The van der Waals surface area contributed by atoms with Gasteiger partial charge in [-0.3, -0.25) is 53.1 Å². The fourth-order valence-corrected chi connectivity index (χ4v) is 10.8. The van der Waals surface area contributed by atoms with E-state index in [1.165, 1.54) is 29.2 Å². The molecule has 4 aromatic rings. The number of carbonyl (C=O) groups excluding carboxylic acids is 8. The van der Waals surface area contributed by atoms with Gasteiger partial charge in [0.05, 0.1) is 35.3 Å². The molecule has 396 valence electrons. The standard InChI is InChI=1S/C52H55F2N6O13PS/c1-51(2,3)44(57-46(64)41-25-32-24-33(15-18-40(32)75-41)52(53,54)74(69,70)71)50(68)59-27-34(26-38(59)49(67)58-21-22-72-39(28-58)31-12-8-6-9-13-31)73-29-43(62)55-20-10-5-4-7-11-30-14-16-35-36(23-30)48(66)60(47(35)65)37-17-19-42(61)56-45(37)63/h6,8-9,12-16,18,23-25,34,37-39,44H,4-5,10,17,19-22,26-29H2,1-3H3,(H,55,62)(H,57,64)(H,56,61,63)(H2,69,70,71)/t34-,37?,38-,39?,44+/m0/s1. The van der Waals surface area contributed by atoms with Gasteiger partial charge in [-0.25, -0.2) is 0 Å². The molecule has 3 fully saturated rings. The van der Waals surface area contributed by atoms with Crippen molar-refractivity contribution in [2.24, 2.45) is 5.41 Å². The molecule has 0 bridgehead atoms. The Labute approximate surface area is 433 Å². The summed E-state index contributed by atoms with van der Waals surface area (Å²) in [5.74, 6) is 1.50. The van der Waals surface area contributed by atoms with E-state index in [0.717, 1.165) is 33.9 Å². The smallest absolute Gasteiger partial charge is 0.370 e. The van der Waals surface area contributed by atoms with Gasteiger partial charge in [0.25, 0.3) is 17.7 Å². The largest absolute Gasteiger partial charge is 0.399 e. The summed E-state index contributed by atoms with van der Waals surface area (Å²) in [6.07, 6.45) is 0.512. The van der Waals surface area contributed by atoms with E-state index < -0.39 is 95.9 Å². The van der Waals surface area contributed by atoms with Crippen molar-refractivity contribution in [1.29, 1.82) is 0 Å². The zero-order valence-electron chi connectivity index (χ0n) is 41.1. The molecule has 5 atom stereocenters. The maximum Gasteiger partial charge on any atom is 0.399 e. The number of fused-ring (bicyclic) bond motifs is 2. The van der Waals surface area contributed by atoms with Gasteiger partial charge in [0, 0.05) is 54.7 Å². The third-order valence-electron chi connectivity index (χ3n) is 13.4. The Morgan fingerprint density at radius 2 is 1.71 bits per heavy atom. The predicted molar refractivity (Wildman–Crippen MR) is 267 cm³/mol. The molecule has 23 heteroatoms. The molecule has 0 spiro atoms. The Kier molecular flexibility index (Phi) is 16.2. The van der Waals surface area contributed by atoms with E-state index in [1.807, 2.05) is 30.3 Å². The van der Waals surface area contributed by atoms with Gasteiger partial charge in [0.15, 0.2) is 0 Å². The van der Waals surface area contributed by atoms with Crippen LogP contribution in [0.4, 0.5) is 8.78 Å². The van der Waals surface area contributed by atoms with E-state index in [2.05, 4.69) is 27.8 Å². The number of benzene rings is 3. The van der Waals surface area contributed by atoms with Gasteiger partial charge in [-0.15, -0.1) is 11.3 Å². The number of alkyl halides is 2. The maximum absolute atomic E-state index is 14.8. The molecule has 0 saturated carbocycles. The molecule has 3 aromatic carbocycles. The van der Waals surface area contributed by atoms with Crippen molar-refractivity contribution in [2.75, 3.05) is 39.4 Å². The fourth-order valence-electron chi connectivity index (χ4n) is 9.38. The van der Waals surface area contributed by atoms with E-state index in [9.17, 15) is 61.5 Å². The van der Waals surface area contributed by atoms with Gasteiger partial charge in [0.1, 0.15) is 30.8 Å². The number of nitrogens with one attached hydrogen (secondary N) is 3. The Morgan fingerprint density at radius 1 is 0.960 bits per heavy atom. The number of imide groups is 2. The molecule has 0 aliphatic carbocycles. The molecule has 2 unspecified atom stereocenters. The van der Waals surface area contributed by atoms with Gasteiger partial charge < -0.3 is 39.7 Å². The van der Waals surface area contributed by atoms with Crippen molar-refractivity contribution in [3.05, 3.63) is 105 Å². The second-order valence-electron chi connectivity index (χ2n) is 19.8. The minimum absolute atomic E-state index is 0.0118. The van der Waals surface area contributed by atoms with Crippen LogP contribution in [-0.2, 0) is 43.7 Å². The van der Waals surface area contributed by atoms with E-state index in [4.69, 9.17) is 9.47 Å².